The first-order chi connectivity index (χ1) is 15.6. The summed E-state index contributed by atoms with van der Waals surface area (Å²) in [6.45, 7) is 2.74. The van der Waals surface area contributed by atoms with Gasteiger partial charge in [0.25, 0.3) is 5.91 Å². The van der Waals surface area contributed by atoms with Gasteiger partial charge in [0.1, 0.15) is 24.0 Å². The van der Waals surface area contributed by atoms with Crippen molar-refractivity contribution in [2.75, 3.05) is 19.0 Å². The molecule has 0 bridgehead atoms. The second-order valence-corrected chi connectivity index (χ2v) is 6.74. The molecule has 0 heterocycles. The molecule has 0 aliphatic rings. The zero-order valence-electron chi connectivity index (χ0n) is 18.0. The topological polar surface area (TPSA) is 80.6 Å². The lowest BCUT2D eigenvalue weighted by atomic mass is 10.1. The molecule has 1 amide bonds. The molecule has 0 aliphatic carbocycles. The van der Waals surface area contributed by atoms with Crippen molar-refractivity contribution >= 4 is 17.7 Å². The number of carbonyl (C=O) groups is 1. The van der Waals surface area contributed by atoms with Crippen LogP contribution in [0.1, 0.15) is 18.1 Å². The first kappa shape index (κ1) is 22.4. The third kappa shape index (κ3) is 5.89. The van der Waals surface area contributed by atoms with E-state index in [1.807, 2.05) is 43.3 Å². The van der Waals surface area contributed by atoms with E-state index in [0.717, 1.165) is 5.56 Å². The average molecular weight is 428 g/mol. The minimum Gasteiger partial charge on any atom is -0.495 e. The van der Waals surface area contributed by atoms with Crippen LogP contribution in [0.3, 0.4) is 0 Å². The second-order valence-electron chi connectivity index (χ2n) is 6.74. The molecule has 0 saturated carbocycles. The number of benzene rings is 3. The van der Waals surface area contributed by atoms with Gasteiger partial charge in [0.15, 0.2) is 11.5 Å². The number of nitriles is 1. The summed E-state index contributed by atoms with van der Waals surface area (Å²) in [5, 5.41) is 12.2. The van der Waals surface area contributed by atoms with Crippen LogP contribution in [-0.4, -0.2) is 19.6 Å². The summed E-state index contributed by atoms with van der Waals surface area (Å²) in [5.74, 6) is 1.11. The van der Waals surface area contributed by atoms with Crippen LogP contribution < -0.4 is 19.5 Å². The van der Waals surface area contributed by atoms with E-state index in [0.29, 0.717) is 41.7 Å². The smallest absolute Gasteiger partial charge is 0.266 e. The van der Waals surface area contributed by atoms with Crippen LogP contribution in [0.25, 0.3) is 6.08 Å². The number of carbonyl (C=O) groups excluding carboxylic acids is 1. The van der Waals surface area contributed by atoms with Crippen molar-refractivity contribution in [3.8, 4) is 23.3 Å². The average Bonchev–Trinajstić information content (AvgIpc) is 2.83. The molecule has 0 aliphatic heterocycles. The van der Waals surface area contributed by atoms with E-state index in [2.05, 4.69) is 5.32 Å². The quantitative estimate of drug-likeness (QED) is 0.373. The summed E-state index contributed by atoms with van der Waals surface area (Å²) in [7, 11) is 1.52. The molecule has 0 fully saturated rings. The zero-order valence-corrected chi connectivity index (χ0v) is 18.0. The number of nitrogens with zero attached hydrogens (tertiary/aromatic N) is 1. The van der Waals surface area contributed by atoms with Crippen LogP contribution in [-0.2, 0) is 11.4 Å². The Morgan fingerprint density at radius 1 is 0.969 bits per heavy atom. The van der Waals surface area contributed by atoms with Crippen molar-refractivity contribution in [3.63, 3.8) is 0 Å². The number of hydrogen-bond donors (Lipinski definition) is 1. The molecule has 3 aromatic rings. The number of rotatable bonds is 9. The zero-order chi connectivity index (χ0) is 22.8. The van der Waals surface area contributed by atoms with E-state index in [1.54, 1.807) is 42.5 Å². The van der Waals surface area contributed by atoms with Gasteiger partial charge in [0, 0.05) is 0 Å². The van der Waals surface area contributed by atoms with Crippen molar-refractivity contribution in [2.45, 2.75) is 13.5 Å². The Bertz CT molecular complexity index is 1130. The molecule has 0 aromatic heterocycles. The van der Waals surface area contributed by atoms with Gasteiger partial charge >= 0.3 is 0 Å². The van der Waals surface area contributed by atoms with Gasteiger partial charge in [0.2, 0.25) is 0 Å². The highest BCUT2D eigenvalue weighted by atomic mass is 16.5. The highest BCUT2D eigenvalue weighted by Crippen LogP contribution is 2.30. The van der Waals surface area contributed by atoms with Crippen molar-refractivity contribution in [1.82, 2.24) is 0 Å². The first-order valence-corrected chi connectivity index (χ1v) is 10.1. The summed E-state index contributed by atoms with van der Waals surface area (Å²) in [5.41, 5.74) is 2.13. The number of nitrogens with one attached hydrogen (secondary N) is 1. The number of para-hydroxylation sites is 2. The Labute approximate surface area is 187 Å². The lowest BCUT2D eigenvalue weighted by Crippen LogP contribution is -2.14. The minimum absolute atomic E-state index is 0.0451. The van der Waals surface area contributed by atoms with E-state index in [1.165, 1.54) is 13.2 Å². The summed E-state index contributed by atoms with van der Waals surface area (Å²) >= 11 is 0. The largest absolute Gasteiger partial charge is 0.495 e. The Hall–Kier alpha value is -4.24. The van der Waals surface area contributed by atoms with Crippen LogP contribution in [0, 0.1) is 11.3 Å². The Kier molecular flexibility index (Phi) is 7.88. The summed E-state index contributed by atoms with van der Waals surface area (Å²) in [4.78, 5) is 12.6. The fourth-order valence-corrected chi connectivity index (χ4v) is 2.99. The molecule has 0 unspecified atom stereocenters. The third-order valence-corrected chi connectivity index (χ3v) is 4.54. The molecule has 3 rings (SSSR count). The number of ether oxygens (including phenoxy) is 3. The predicted octanol–water partition coefficient (Wildman–Crippen LogP) is 5.22. The maximum atomic E-state index is 12.6. The molecular formula is C26H24N2O4. The molecule has 1 N–H and O–H groups in total. The van der Waals surface area contributed by atoms with E-state index in [-0.39, 0.29) is 5.57 Å². The molecule has 6 heteroatoms. The number of hydrogen-bond acceptors (Lipinski definition) is 5. The Balaban J connectivity index is 1.79. The first-order valence-electron chi connectivity index (χ1n) is 10.1. The fourth-order valence-electron chi connectivity index (χ4n) is 2.99. The van der Waals surface area contributed by atoms with Crippen molar-refractivity contribution in [3.05, 3.63) is 89.5 Å². The minimum atomic E-state index is -0.528. The van der Waals surface area contributed by atoms with Crippen LogP contribution in [0.4, 0.5) is 5.69 Å². The maximum absolute atomic E-state index is 12.6. The Morgan fingerprint density at radius 3 is 2.44 bits per heavy atom. The van der Waals surface area contributed by atoms with Gasteiger partial charge in [-0.1, -0.05) is 48.5 Å². The molecular weight excluding hydrogens is 404 g/mol. The van der Waals surface area contributed by atoms with Gasteiger partial charge in [-0.25, -0.2) is 0 Å². The molecule has 0 radical (unpaired) electrons. The van der Waals surface area contributed by atoms with Crippen molar-refractivity contribution in [1.29, 1.82) is 5.26 Å². The van der Waals surface area contributed by atoms with E-state index < -0.39 is 5.91 Å². The predicted molar refractivity (Wildman–Crippen MR) is 124 cm³/mol. The normalized spacial score (nSPS) is 10.7. The van der Waals surface area contributed by atoms with Gasteiger partial charge in [0.05, 0.1) is 19.4 Å². The van der Waals surface area contributed by atoms with Crippen molar-refractivity contribution in [2.24, 2.45) is 0 Å². The van der Waals surface area contributed by atoms with Crippen LogP contribution in [0.15, 0.2) is 78.4 Å². The lowest BCUT2D eigenvalue weighted by molar-refractivity contribution is -0.112. The Morgan fingerprint density at radius 2 is 1.72 bits per heavy atom. The third-order valence-electron chi connectivity index (χ3n) is 4.54. The number of anilines is 1. The second kappa shape index (κ2) is 11.2. The highest BCUT2D eigenvalue weighted by molar-refractivity contribution is 6.10. The summed E-state index contributed by atoms with van der Waals surface area (Å²) < 4.78 is 16.9. The van der Waals surface area contributed by atoms with E-state index >= 15 is 0 Å². The van der Waals surface area contributed by atoms with E-state index in [4.69, 9.17) is 14.2 Å². The lowest BCUT2D eigenvalue weighted by Gasteiger charge is -2.13. The SMILES string of the molecule is CCOc1cc(/C=C(\C#N)C(=O)Nc2ccccc2OC)ccc1OCc1ccccc1. The standard InChI is InChI=1S/C26H24N2O4/c1-3-31-25-16-20(13-14-24(25)32-18-19-9-5-4-6-10-19)15-21(17-27)26(29)28-22-11-7-8-12-23(22)30-2/h4-16H,3,18H2,1-2H3,(H,28,29)/b21-15+. The van der Waals surface area contributed by atoms with Gasteiger partial charge in [-0.3, -0.25) is 4.79 Å². The molecule has 0 atom stereocenters. The summed E-state index contributed by atoms with van der Waals surface area (Å²) in [6.07, 6.45) is 1.51. The van der Waals surface area contributed by atoms with Crippen LogP contribution >= 0.6 is 0 Å². The van der Waals surface area contributed by atoms with Crippen LogP contribution in [0.2, 0.25) is 0 Å². The van der Waals surface area contributed by atoms with Crippen molar-refractivity contribution < 1.29 is 19.0 Å². The van der Waals surface area contributed by atoms with Crippen LogP contribution in [0.5, 0.6) is 17.2 Å². The maximum Gasteiger partial charge on any atom is 0.266 e. The molecule has 32 heavy (non-hydrogen) atoms. The molecule has 3 aromatic carbocycles. The van der Waals surface area contributed by atoms with Gasteiger partial charge in [-0.15, -0.1) is 0 Å². The van der Waals surface area contributed by atoms with Gasteiger partial charge < -0.3 is 19.5 Å². The molecule has 162 valence electrons. The fraction of sp³-hybridized carbons (Fsp3) is 0.154. The van der Waals surface area contributed by atoms with Gasteiger partial charge in [-0.05, 0) is 48.4 Å². The van der Waals surface area contributed by atoms with E-state index in [9.17, 15) is 10.1 Å². The number of methoxy groups -OCH3 is 1. The monoisotopic (exact) mass is 428 g/mol. The summed E-state index contributed by atoms with van der Waals surface area (Å²) in [6, 6.07) is 24.1. The molecule has 0 saturated heterocycles. The number of amides is 1. The molecule has 0 spiro atoms. The molecule has 6 nitrogen and oxygen atoms in total. The highest BCUT2D eigenvalue weighted by Gasteiger charge is 2.13. The van der Waals surface area contributed by atoms with Gasteiger partial charge in [-0.2, -0.15) is 5.26 Å².